The minimum Gasteiger partial charge on any atom is -0.357 e. The van der Waals surface area contributed by atoms with Gasteiger partial charge in [-0.3, -0.25) is 4.79 Å². The van der Waals surface area contributed by atoms with Crippen LogP contribution in [0.5, 0.6) is 0 Å². The van der Waals surface area contributed by atoms with Crippen molar-refractivity contribution in [3.8, 4) is 12.3 Å². The molecule has 116 valence electrons. The van der Waals surface area contributed by atoms with E-state index >= 15 is 0 Å². The van der Waals surface area contributed by atoms with Crippen LogP contribution in [0.1, 0.15) is 25.3 Å². The first kappa shape index (κ1) is 15.9. The molecule has 0 unspecified atom stereocenters. The maximum Gasteiger partial charge on any atom is 0.227 e. The summed E-state index contributed by atoms with van der Waals surface area (Å²) in [5, 5.41) is 6.19. The fourth-order valence-electron chi connectivity index (χ4n) is 2.35. The highest BCUT2D eigenvalue weighted by molar-refractivity contribution is 5.95. The molecule has 1 aliphatic rings. The molecule has 0 radical (unpaired) electrons. The first-order chi connectivity index (χ1) is 10.7. The lowest BCUT2D eigenvalue weighted by atomic mass is 10.2. The van der Waals surface area contributed by atoms with Crippen molar-refractivity contribution in [1.29, 1.82) is 0 Å². The summed E-state index contributed by atoms with van der Waals surface area (Å²) in [7, 11) is 0. The molecule has 1 heterocycles. The van der Waals surface area contributed by atoms with Crippen LogP contribution in [0.15, 0.2) is 29.3 Å². The zero-order valence-electron chi connectivity index (χ0n) is 12.9. The largest absolute Gasteiger partial charge is 0.357 e. The van der Waals surface area contributed by atoms with Crippen molar-refractivity contribution in [3.63, 3.8) is 0 Å². The summed E-state index contributed by atoms with van der Waals surface area (Å²) in [6.45, 7) is 4.62. The van der Waals surface area contributed by atoms with Gasteiger partial charge >= 0.3 is 0 Å². The summed E-state index contributed by atoms with van der Waals surface area (Å²) in [6, 6.07) is 7.98. The predicted octanol–water partition coefficient (Wildman–Crippen LogP) is 1.50. The van der Waals surface area contributed by atoms with Crippen LogP contribution in [0.2, 0.25) is 0 Å². The number of benzene rings is 1. The molecular formula is C17H22N4O. The van der Waals surface area contributed by atoms with Gasteiger partial charge in [-0.1, -0.05) is 18.1 Å². The lowest BCUT2D eigenvalue weighted by Gasteiger charge is -2.15. The molecule has 0 aromatic heterocycles. The van der Waals surface area contributed by atoms with Crippen molar-refractivity contribution in [1.82, 2.24) is 10.6 Å². The molecule has 5 heteroatoms. The normalized spacial score (nSPS) is 14.8. The van der Waals surface area contributed by atoms with E-state index in [9.17, 15) is 4.79 Å². The van der Waals surface area contributed by atoms with Gasteiger partial charge in [0.1, 0.15) is 0 Å². The first-order valence-corrected chi connectivity index (χ1v) is 7.59. The Morgan fingerprint density at radius 2 is 2.14 bits per heavy atom. The summed E-state index contributed by atoms with van der Waals surface area (Å²) in [4.78, 5) is 18.0. The Hall–Kier alpha value is -2.48. The molecule has 5 nitrogen and oxygen atoms in total. The minimum absolute atomic E-state index is 0.207. The average molecular weight is 298 g/mol. The van der Waals surface area contributed by atoms with Crippen molar-refractivity contribution in [2.75, 3.05) is 24.5 Å². The van der Waals surface area contributed by atoms with Gasteiger partial charge < -0.3 is 15.5 Å². The van der Waals surface area contributed by atoms with Gasteiger partial charge in [0, 0.05) is 25.2 Å². The number of aliphatic imine (C=N–C) groups is 1. The monoisotopic (exact) mass is 298 g/mol. The van der Waals surface area contributed by atoms with E-state index < -0.39 is 0 Å². The van der Waals surface area contributed by atoms with Gasteiger partial charge in [0.25, 0.3) is 0 Å². The van der Waals surface area contributed by atoms with Crippen LogP contribution in [0.4, 0.5) is 5.69 Å². The number of hydrogen-bond acceptors (Lipinski definition) is 2. The Morgan fingerprint density at radius 3 is 2.73 bits per heavy atom. The average Bonchev–Trinajstić information content (AvgIpc) is 2.97. The highest BCUT2D eigenvalue weighted by Crippen LogP contribution is 2.21. The predicted molar refractivity (Wildman–Crippen MR) is 89.7 cm³/mol. The molecule has 22 heavy (non-hydrogen) atoms. The molecule has 0 bridgehead atoms. The smallest absolute Gasteiger partial charge is 0.227 e. The number of nitrogens with zero attached hydrogens (tertiary/aromatic N) is 2. The molecule has 1 aliphatic heterocycles. The number of amides is 1. The van der Waals surface area contributed by atoms with Crippen LogP contribution in [0, 0.1) is 12.3 Å². The third-order valence-corrected chi connectivity index (χ3v) is 3.44. The SMILES string of the molecule is C#CCNC(=NCc1ccc(N2CCCC2=O)cc1)NCC. The van der Waals surface area contributed by atoms with Crippen molar-refractivity contribution in [2.24, 2.45) is 4.99 Å². The molecule has 1 aromatic carbocycles. The summed E-state index contributed by atoms with van der Waals surface area (Å²) in [6.07, 6.45) is 6.83. The molecule has 1 amide bonds. The topological polar surface area (TPSA) is 56.7 Å². The Bertz CT molecular complexity index is 571. The highest BCUT2D eigenvalue weighted by Gasteiger charge is 2.21. The van der Waals surface area contributed by atoms with Crippen LogP contribution in [0.3, 0.4) is 0 Å². The zero-order valence-corrected chi connectivity index (χ0v) is 12.9. The number of terminal acetylenes is 1. The molecule has 1 aromatic rings. The molecule has 0 atom stereocenters. The first-order valence-electron chi connectivity index (χ1n) is 7.59. The summed E-state index contributed by atoms with van der Waals surface area (Å²) < 4.78 is 0. The van der Waals surface area contributed by atoms with Gasteiger partial charge in [-0.25, -0.2) is 4.99 Å². The number of carbonyl (C=O) groups excluding carboxylic acids is 1. The summed E-state index contributed by atoms with van der Waals surface area (Å²) in [5.41, 5.74) is 2.06. The van der Waals surface area contributed by atoms with Gasteiger partial charge in [-0.15, -0.1) is 6.42 Å². The number of carbonyl (C=O) groups is 1. The summed E-state index contributed by atoms with van der Waals surface area (Å²) in [5.74, 6) is 3.44. The lowest BCUT2D eigenvalue weighted by molar-refractivity contribution is -0.117. The van der Waals surface area contributed by atoms with Crippen LogP contribution in [0.25, 0.3) is 0 Å². The Labute approximate surface area is 131 Å². The van der Waals surface area contributed by atoms with Crippen LogP contribution < -0.4 is 15.5 Å². The van der Waals surface area contributed by atoms with Crippen LogP contribution >= 0.6 is 0 Å². The molecule has 2 N–H and O–H groups in total. The van der Waals surface area contributed by atoms with Crippen LogP contribution in [-0.4, -0.2) is 31.5 Å². The molecule has 1 fully saturated rings. The second-order valence-electron chi connectivity index (χ2n) is 5.07. The Morgan fingerprint density at radius 1 is 1.36 bits per heavy atom. The molecule has 0 saturated carbocycles. The van der Waals surface area contributed by atoms with E-state index in [1.54, 1.807) is 0 Å². The van der Waals surface area contributed by atoms with Gasteiger partial charge in [-0.05, 0) is 31.0 Å². The number of nitrogens with one attached hydrogen (secondary N) is 2. The third-order valence-electron chi connectivity index (χ3n) is 3.44. The number of rotatable bonds is 5. The number of hydrogen-bond donors (Lipinski definition) is 2. The molecule has 2 rings (SSSR count). The zero-order chi connectivity index (χ0) is 15.8. The van der Waals surface area contributed by atoms with Crippen LogP contribution in [-0.2, 0) is 11.3 Å². The maximum atomic E-state index is 11.7. The molecule has 0 aliphatic carbocycles. The van der Waals surface area contributed by atoms with Crippen molar-refractivity contribution >= 4 is 17.6 Å². The maximum absolute atomic E-state index is 11.7. The Kier molecular flexibility index (Phi) is 5.84. The second kappa shape index (κ2) is 8.08. The van der Waals surface area contributed by atoms with Gasteiger partial charge in [0.2, 0.25) is 5.91 Å². The van der Waals surface area contributed by atoms with Crippen molar-refractivity contribution < 1.29 is 4.79 Å². The number of anilines is 1. The highest BCUT2D eigenvalue weighted by atomic mass is 16.2. The van der Waals surface area contributed by atoms with E-state index in [4.69, 9.17) is 6.42 Å². The fourth-order valence-corrected chi connectivity index (χ4v) is 2.35. The lowest BCUT2D eigenvalue weighted by Crippen LogP contribution is -2.37. The standard InChI is InChI=1S/C17H22N4O/c1-3-11-19-17(18-4-2)20-13-14-7-9-15(10-8-14)21-12-5-6-16(21)22/h1,7-10H,4-6,11-13H2,2H3,(H2,18,19,20). The quantitative estimate of drug-likeness (QED) is 0.492. The van der Waals surface area contributed by atoms with Gasteiger partial charge in [0.15, 0.2) is 5.96 Å². The Balaban J connectivity index is 1.98. The fraction of sp³-hybridized carbons (Fsp3) is 0.412. The van der Waals surface area contributed by atoms with Gasteiger partial charge in [-0.2, -0.15) is 0 Å². The van der Waals surface area contributed by atoms with E-state index in [0.717, 1.165) is 30.8 Å². The summed E-state index contributed by atoms with van der Waals surface area (Å²) >= 11 is 0. The second-order valence-corrected chi connectivity index (χ2v) is 5.07. The number of guanidine groups is 1. The third kappa shape index (κ3) is 4.26. The van der Waals surface area contributed by atoms with Gasteiger partial charge in [0.05, 0.1) is 13.1 Å². The molecular weight excluding hydrogens is 276 g/mol. The van der Waals surface area contributed by atoms with E-state index in [1.807, 2.05) is 36.1 Å². The van der Waals surface area contributed by atoms with E-state index in [-0.39, 0.29) is 5.91 Å². The van der Waals surface area contributed by atoms with E-state index in [2.05, 4.69) is 21.5 Å². The van der Waals surface area contributed by atoms with E-state index in [0.29, 0.717) is 25.5 Å². The molecule has 0 spiro atoms. The molecule has 1 saturated heterocycles. The van der Waals surface area contributed by atoms with Crippen molar-refractivity contribution in [3.05, 3.63) is 29.8 Å². The van der Waals surface area contributed by atoms with Crippen molar-refractivity contribution in [2.45, 2.75) is 26.3 Å². The van der Waals surface area contributed by atoms with E-state index in [1.165, 1.54) is 0 Å². The minimum atomic E-state index is 0.207.